The van der Waals surface area contributed by atoms with E-state index in [9.17, 15) is 0 Å². The van der Waals surface area contributed by atoms with Crippen LogP contribution in [0.25, 0.3) is 33.9 Å². The molecule has 1 aromatic heterocycles. The topological polar surface area (TPSA) is 48.3 Å². The summed E-state index contributed by atoms with van der Waals surface area (Å²) in [5, 5.41) is 3.68. The number of benzene rings is 3. The first-order valence-corrected chi connectivity index (χ1v) is 10.1. The minimum absolute atomic E-state index is 0.251. The van der Waals surface area contributed by atoms with Gasteiger partial charge in [-0.3, -0.25) is 0 Å². The molecule has 3 aromatic carbocycles. The molecule has 0 unspecified atom stereocenters. The van der Waals surface area contributed by atoms with Crippen LogP contribution >= 0.6 is 0 Å². The van der Waals surface area contributed by atoms with Gasteiger partial charge in [0.15, 0.2) is 11.5 Å². The number of nitrogens with one attached hydrogen (secondary N) is 1. The van der Waals surface area contributed by atoms with Crippen LogP contribution in [-0.2, 0) is 5.66 Å². The van der Waals surface area contributed by atoms with Crippen molar-refractivity contribution in [3.63, 3.8) is 0 Å². The molecule has 3 heterocycles. The minimum Gasteiger partial charge on any atom is -0.454 e. The molecule has 5 heteroatoms. The summed E-state index contributed by atoms with van der Waals surface area (Å²) < 4.78 is 13.6. The number of fused-ring (bicyclic) bond motifs is 4. The third kappa shape index (κ3) is 2.45. The molecular formula is C25H21N3O2. The number of hydrogen-bond acceptors (Lipinski definition) is 4. The smallest absolute Gasteiger partial charge is 0.231 e. The second-order valence-electron chi connectivity index (χ2n) is 8.14. The summed E-state index contributed by atoms with van der Waals surface area (Å²) in [6.45, 7) is 4.60. The fourth-order valence-electron chi connectivity index (χ4n) is 4.42. The lowest BCUT2D eigenvalue weighted by molar-refractivity contribution is 0.174. The zero-order valence-corrected chi connectivity index (χ0v) is 16.8. The molecule has 0 spiro atoms. The second kappa shape index (κ2) is 6.13. The van der Waals surface area contributed by atoms with Crippen LogP contribution in [0.1, 0.15) is 13.8 Å². The van der Waals surface area contributed by atoms with Gasteiger partial charge in [-0.15, -0.1) is 0 Å². The summed E-state index contributed by atoms with van der Waals surface area (Å²) in [6.07, 6.45) is 0. The summed E-state index contributed by atoms with van der Waals surface area (Å²) in [6, 6.07) is 24.9. The number of nitrogens with zero attached hydrogens (tertiary/aromatic N) is 2. The zero-order valence-electron chi connectivity index (χ0n) is 16.8. The van der Waals surface area contributed by atoms with E-state index < -0.39 is 0 Å². The fourth-order valence-corrected chi connectivity index (χ4v) is 4.42. The van der Waals surface area contributed by atoms with Gasteiger partial charge in [-0.25, -0.2) is 4.98 Å². The quantitative estimate of drug-likeness (QED) is 0.471. The predicted octanol–water partition coefficient (Wildman–Crippen LogP) is 5.73. The van der Waals surface area contributed by atoms with Crippen molar-refractivity contribution >= 4 is 5.69 Å². The molecule has 6 rings (SSSR count). The van der Waals surface area contributed by atoms with Gasteiger partial charge < -0.3 is 19.4 Å². The number of hydrogen-bond donors (Lipinski definition) is 1. The normalized spacial score (nSPS) is 15.3. The van der Waals surface area contributed by atoms with Crippen molar-refractivity contribution in [2.45, 2.75) is 19.5 Å². The Morgan fingerprint density at radius 3 is 2.20 bits per heavy atom. The monoisotopic (exact) mass is 395 g/mol. The molecule has 0 saturated carbocycles. The van der Waals surface area contributed by atoms with Gasteiger partial charge in [0.25, 0.3) is 0 Å². The number of aromatic nitrogens is 2. The Kier molecular flexibility index (Phi) is 3.51. The second-order valence-corrected chi connectivity index (χ2v) is 8.14. The van der Waals surface area contributed by atoms with Gasteiger partial charge in [0.05, 0.1) is 17.1 Å². The van der Waals surface area contributed by atoms with E-state index in [4.69, 9.17) is 14.5 Å². The summed E-state index contributed by atoms with van der Waals surface area (Å²) in [5.41, 5.74) is 5.92. The first-order valence-electron chi connectivity index (χ1n) is 10.1. The van der Waals surface area contributed by atoms with Gasteiger partial charge in [0.2, 0.25) is 6.79 Å². The van der Waals surface area contributed by atoms with E-state index >= 15 is 0 Å². The molecule has 0 aliphatic carbocycles. The lowest BCUT2D eigenvalue weighted by Crippen LogP contribution is -2.39. The van der Waals surface area contributed by atoms with Crippen molar-refractivity contribution in [1.29, 1.82) is 0 Å². The molecule has 148 valence electrons. The highest BCUT2D eigenvalue weighted by Gasteiger charge is 2.37. The standard InChI is InChI=1S/C25H21N3O2/c1-25(2)27-19-14-21-20(29-15-30-21)13-18(19)24-26-22(16-9-5-3-6-10-16)23(28(24)25)17-11-7-4-8-12-17/h3-14,27H,15H2,1-2H3. The number of rotatable bonds is 2. The summed E-state index contributed by atoms with van der Waals surface area (Å²) in [4.78, 5) is 5.19. The lowest BCUT2D eigenvalue weighted by atomic mass is 10.0. The molecule has 30 heavy (non-hydrogen) atoms. The van der Waals surface area contributed by atoms with E-state index in [0.29, 0.717) is 0 Å². The Bertz CT molecular complexity index is 1260. The highest BCUT2D eigenvalue weighted by molar-refractivity contribution is 5.88. The molecular weight excluding hydrogens is 374 g/mol. The Hall–Kier alpha value is -3.73. The van der Waals surface area contributed by atoms with Gasteiger partial charge in [0, 0.05) is 22.8 Å². The molecule has 2 aliphatic heterocycles. The molecule has 0 saturated heterocycles. The Balaban J connectivity index is 1.69. The van der Waals surface area contributed by atoms with Crippen LogP contribution in [0, 0.1) is 0 Å². The van der Waals surface area contributed by atoms with Gasteiger partial charge >= 0.3 is 0 Å². The molecule has 1 N–H and O–H groups in total. The maximum absolute atomic E-state index is 5.65. The van der Waals surface area contributed by atoms with Crippen molar-refractivity contribution < 1.29 is 9.47 Å². The molecule has 0 atom stereocenters. The van der Waals surface area contributed by atoms with Crippen LogP contribution in [0.2, 0.25) is 0 Å². The molecule has 5 nitrogen and oxygen atoms in total. The van der Waals surface area contributed by atoms with Crippen molar-refractivity contribution in [2.24, 2.45) is 0 Å². The fraction of sp³-hybridized carbons (Fsp3) is 0.160. The molecule has 0 bridgehead atoms. The van der Waals surface area contributed by atoms with Gasteiger partial charge in [0.1, 0.15) is 11.5 Å². The first kappa shape index (κ1) is 17.2. The summed E-state index contributed by atoms with van der Waals surface area (Å²) >= 11 is 0. The Labute approximate surface area is 174 Å². The molecule has 0 fully saturated rings. The Morgan fingerprint density at radius 1 is 0.867 bits per heavy atom. The number of anilines is 1. The van der Waals surface area contributed by atoms with Crippen LogP contribution in [0.4, 0.5) is 5.69 Å². The molecule has 0 radical (unpaired) electrons. The highest BCUT2D eigenvalue weighted by Crippen LogP contribution is 2.49. The van der Waals surface area contributed by atoms with Crippen molar-refractivity contribution in [3.05, 3.63) is 72.8 Å². The lowest BCUT2D eigenvalue weighted by Gasteiger charge is -2.37. The highest BCUT2D eigenvalue weighted by atomic mass is 16.7. The SMILES string of the molecule is CC1(C)Nc2cc3c(cc2-c2nc(-c4ccccc4)c(-c4ccccc4)n21)OCO3. The minimum atomic E-state index is -0.388. The van der Waals surface area contributed by atoms with E-state index in [1.165, 1.54) is 0 Å². The number of imidazole rings is 1. The van der Waals surface area contributed by atoms with Crippen molar-refractivity contribution in [2.75, 3.05) is 12.1 Å². The van der Waals surface area contributed by atoms with Crippen LogP contribution in [0.3, 0.4) is 0 Å². The summed E-state index contributed by atoms with van der Waals surface area (Å²) in [5.74, 6) is 2.45. The van der Waals surface area contributed by atoms with Gasteiger partial charge in [-0.1, -0.05) is 60.7 Å². The van der Waals surface area contributed by atoms with E-state index in [0.717, 1.165) is 51.1 Å². The van der Waals surface area contributed by atoms with Crippen LogP contribution < -0.4 is 14.8 Å². The molecule has 0 amide bonds. The molecule has 2 aliphatic rings. The average Bonchev–Trinajstić information content (AvgIpc) is 3.38. The zero-order chi connectivity index (χ0) is 20.3. The predicted molar refractivity (Wildman–Crippen MR) is 118 cm³/mol. The van der Waals surface area contributed by atoms with Crippen LogP contribution in [0.15, 0.2) is 72.8 Å². The van der Waals surface area contributed by atoms with Crippen LogP contribution in [0.5, 0.6) is 11.5 Å². The first-order chi connectivity index (χ1) is 14.6. The third-order valence-electron chi connectivity index (χ3n) is 5.73. The van der Waals surface area contributed by atoms with Crippen molar-refractivity contribution in [3.8, 4) is 45.4 Å². The van der Waals surface area contributed by atoms with E-state index in [2.05, 4.69) is 72.3 Å². The molecule has 4 aromatic rings. The largest absolute Gasteiger partial charge is 0.454 e. The maximum atomic E-state index is 5.65. The van der Waals surface area contributed by atoms with E-state index in [1.54, 1.807) is 0 Å². The van der Waals surface area contributed by atoms with E-state index in [-0.39, 0.29) is 12.5 Å². The average molecular weight is 395 g/mol. The van der Waals surface area contributed by atoms with Gasteiger partial charge in [-0.05, 0) is 19.9 Å². The summed E-state index contributed by atoms with van der Waals surface area (Å²) in [7, 11) is 0. The van der Waals surface area contributed by atoms with E-state index in [1.807, 2.05) is 24.3 Å². The maximum Gasteiger partial charge on any atom is 0.231 e. The van der Waals surface area contributed by atoms with Crippen molar-refractivity contribution in [1.82, 2.24) is 9.55 Å². The third-order valence-corrected chi connectivity index (χ3v) is 5.73. The Morgan fingerprint density at radius 2 is 1.50 bits per heavy atom. The van der Waals surface area contributed by atoms with Gasteiger partial charge in [-0.2, -0.15) is 0 Å². The van der Waals surface area contributed by atoms with Crippen LogP contribution in [-0.4, -0.2) is 16.3 Å². The number of ether oxygens (including phenoxy) is 2.